The van der Waals surface area contributed by atoms with Crippen LogP contribution in [0.1, 0.15) is 22.3 Å². The molecule has 0 aliphatic carbocycles. The summed E-state index contributed by atoms with van der Waals surface area (Å²) in [6, 6.07) is 9.29. The van der Waals surface area contributed by atoms with Gasteiger partial charge in [-0.25, -0.2) is 4.39 Å². The first-order valence-corrected chi connectivity index (χ1v) is 11.7. The van der Waals surface area contributed by atoms with E-state index in [1.165, 1.54) is 12.1 Å². The number of anilines is 2. The lowest BCUT2D eigenvalue weighted by Crippen LogP contribution is -2.47. The van der Waals surface area contributed by atoms with E-state index in [2.05, 4.69) is 5.32 Å². The molecule has 1 aliphatic heterocycles. The third-order valence-corrected chi connectivity index (χ3v) is 6.08. The Bertz CT molecular complexity index is 1010. The number of nitrogens with one attached hydrogen (secondary N) is 1. The highest BCUT2D eigenvalue weighted by Crippen LogP contribution is 2.31. The lowest BCUT2D eigenvalue weighted by molar-refractivity contribution is -0.138. The Morgan fingerprint density at radius 3 is 2.49 bits per heavy atom. The fraction of sp³-hybridized carbons (Fsp3) is 0.458. The molecule has 3 rings (SSSR count). The van der Waals surface area contributed by atoms with Gasteiger partial charge in [0.15, 0.2) is 0 Å². The molecule has 0 saturated carbocycles. The van der Waals surface area contributed by atoms with Crippen LogP contribution in [0.3, 0.4) is 0 Å². The lowest BCUT2D eigenvalue weighted by atomic mass is 10.1. The van der Waals surface area contributed by atoms with Crippen LogP contribution in [0.15, 0.2) is 36.4 Å². The Kier molecular flexibility index (Phi) is 9.34. The highest BCUT2D eigenvalue weighted by Gasteiger charge is 2.29. The standard InChI is InChI=1S/C24H29ClF4N4O2/c1-31(12-13-34)16-17-2-4-19(20(26)14-17)23(35)30-21-5-3-18(25)15-22(21)33-10-8-32(9-11-33)7-6-24(27,28)29/h2-5,14-15,34H,6-13,16H2,1H3,(H,30,35). The minimum absolute atomic E-state index is 0.00843. The van der Waals surface area contributed by atoms with Crippen LogP contribution in [0, 0.1) is 5.82 Å². The number of aliphatic hydroxyl groups excluding tert-OH is 1. The molecule has 35 heavy (non-hydrogen) atoms. The minimum Gasteiger partial charge on any atom is -0.395 e. The van der Waals surface area contributed by atoms with Gasteiger partial charge in [0, 0.05) is 50.8 Å². The molecule has 1 heterocycles. The van der Waals surface area contributed by atoms with E-state index in [0.717, 1.165) is 0 Å². The third kappa shape index (κ3) is 8.06. The van der Waals surface area contributed by atoms with E-state index >= 15 is 0 Å². The van der Waals surface area contributed by atoms with Crippen LogP contribution in [-0.4, -0.2) is 79.9 Å². The van der Waals surface area contributed by atoms with Crippen molar-refractivity contribution in [2.75, 3.05) is 63.1 Å². The van der Waals surface area contributed by atoms with Crippen molar-refractivity contribution in [2.45, 2.75) is 19.1 Å². The van der Waals surface area contributed by atoms with Crippen molar-refractivity contribution >= 4 is 28.9 Å². The summed E-state index contributed by atoms with van der Waals surface area (Å²) in [6.45, 7) is 2.62. The molecule has 1 amide bonds. The monoisotopic (exact) mass is 516 g/mol. The van der Waals surface area contributed by atoms with Crippen molar-refractivity contribution in [3.8, 4) is 0 Å². The van der Waals surface area contributed by atoms with Gasteiger partial charge in [0.2, 0.25) is 0 Å². The van der Waals surface area contributed by atoms with Crippen LogP contribution in [0.25, 0.3) is 0 Å². The molecule has 1 saturated heterocycles. The number of halogens is 5. The van der Waals surface area contributed by atoms with Crippen molar-refractivity contribution in [3.05, 3.63) is 58.4 Å². The highest BCUT2D eigenvalue weighted by atomic mass is 35.5. The predicted octanol–water partition coefficient (Wildman–Crippen LogP) is 4.23. The summed E-state index contributed by atoms with van der Waals surface area (Å²) in [5, 5.41) is 12.2. The Hall–Kier alpha value is -2.40. The molecule has 0 bridgehead atoms. The van der Waals surface area contributed by atoms with Crippen molar-refractivity contribution in [3.63, 3.8) is 0 Å². The van der Waals surface area contributed by atoms with Gasteiger partial charge in [-0.15, -0.1) is 0 Å². The first-order chi connectivity index (χ1) is 16.6. The number of carbonyl (C=O) groups is 1. The molecule has 0 radical (unpaired) electrons. The van der Waals surface area contributed by atoms with E-state index in [1.54, 1.807) is 36.2 Å². The van der Waals surface area contributed by atoms with Crippen molar-refractivity contribution in [1.82, 2.24) is 9.80 Å². The first-order valence-electron chi connectivity index (χ1n) is 11.3. The van der Waals surface area contributed by atoms with Crippen LogP contribution in [0.4, 0.5) is 28.9 Å². The molecule has 0 spiro atoms. The maximum atomic E-state index is 14.7. The summed E-state index contributed by atoms with van der Waals surface area (Å²) in [5.41, 5.74) is 1.63. The number of carbonyl (C=O) groups excluding carboxylic acids is 1. The van der Waals surface area contributed by atoms with Crippen molar-refractivity contribution in [1.29, 1.82) is 0 Å². The fourth-order valence-corrected chi connectivity index (χ4v) is 4.13. The molecule has 192 valence electrons. The van der Waals surface area contributed by atoms with Crippen LogP contribution < -0.4 is 10.2 Å². The molecule has 1 aliphatic rings. The zero-order chi connectivity index (χ0) is 25.6. The SMILES string of the molecule is CN(CCO)Cc1ccc(C(=O)Nc2ccc(Cl)cc2N2CCN(CCC(F)(F)F)CC2)c(F)c1. The van der Waals surface area contributed by atoms with E-state index < -0.39 is 24.3 Å². The molecule has 0 atom stereocenters. The van der Waals surface area contributed by atoms with Crippen molar-refractivity contribution < 1.29 is 27.5 Å². The Balaban J connectivity index is 1.68. The van der Waals surface area contributed by atoms with Gasteiger partial charge in [-0.05, 0) is 42.9 Å². The maximum Gasteiger partial charge on any atom is 0.390 e. The van der Waals surface area contributed by atoms with Gasteiger partial charge in [-0.2, -0.15) is 13.2 Å². The summed E-state index contributed by atoms with van der Waals surface area (Å²) in [5.74, 6) is -1.28. The van der Waals surface area contributed by atoms with Gasteiger partial charge in [-0.1, -0.05) is 17.7 Å². The number of amides is 1. The number of hydrogen-bond acceptors (Lipinski definition) is 5. The van der Waals surface area contributed by atoms with Gasteiger partial charge in [-0.3, -0.25) is 14.6 Å². The second kappa shape index (κ2) is 12.0. The van der Waals surface area contributed by atoms with E-state index in [9.17, 15) is 22.4 Å². The van der Waals surface area contributed by atoms with Crippen LogP contribution in [0.2, 0.25) is 5.02 Å². The Morgan fingerprint density at radius 1 is 1.14 bits per heavy atom. The number of alkyl halides is 3. The average Bonchev–Trinajstić information content (AvgIpc) is 2.79. The maximum absolute atomic E-state index is 14.7. The molecular weight excluding hydrogens is 488 g/mol. The largest absolute Gasteiger partial charge is 0.395 e. The number of benzene rings is 2. The second-order valence-corrected chi connectivity index (χ2v) is 9.02. The summed E-state index contributed by atoms with van der Waals surface area (Å²) in [6.07, 6.45) is -5.04. The first kappa shape index (κ1) is 27.2. The molecule has 0 unspecified atom stereocenters. The second-order valence-electron chi connectivity index (χ2n) is 8.59. The highest BCUT2D eigenvalue weighted by molar-refractivity contribution is 6.31. The Morgan fingerprint density at radius 2 is 1.86 bits per heavy atom. The number of rotatable bonds is 9. The van der Waals surface area contributed by atoms with Crippen LogP contribution >= 0.6 is 11.6 Å². The number of aliphatic hydroxyl groups is 1. The molecular formula is C24H29ClF4N4O2. The molecule has 0 aromatic heterocycles. The molecule has 2 aromatic rings. The van der Waals surface area contributed by atoms with Crippen molar-refractivity contribution in [2.24, 2.45) is 0 Å². The topological polar surface area (TPSA) is 59.1 Å². The van der Waals surface area contributed by atoms with Crippen LogP contribution in [0.5, 0.6) is 0 Å². The number of piperazine rings is 1. The number of nitrogens with zero attached hydrogens (tertiary/aromatic N) is 3. The third-order valence-electron chi connectivity index (χ3n) is 5.84. The van der Waals surface area contributed by atoms with Gasteiger partial charge in [0.25, 0.3) is 5.91 Å². The number of hydrogen-bond donors (Lipinski definition) is 2. The van der Waals surface area contributed by atoms with Gasteiger partial charge in [0.1, 0.15) is 5.82 Å². The molecule has 1 fully saturated rings. The van der Waals surface area contributed by atoms with Crippen LogP contribution in [-0.2, 0) is 6.54 Å². The van der Waals surface area contributed by atoms with E-state index in [-0.39, 0.29) is 18.7 Å². The molecule has 11 heteroatoms. The van der Waals surface area contributed by atoms with Gasteiger partial charge >= 0.3 is 6.18 Å². The lowest BCUT2D eigenvalue weighted by Gasteiger charge is -2.37. The summed E-state index contributed by atoms with van der Waals surface area (Å²) >= 11 is 6.17. The summed E-state index contributed by atoms with van der Waals surface area (Å²) in [4.78, 5) is 18.4. The average molecular weight is 517 g/mol. The normalized spacial score (nSPS) is 15.0. The van der Waals surface area contributed by atoms with E-state index in [0.29, 0.717) is 61.2 Å². The quantitative estimate of drug-likeness (QED) is 0.489. The summed E-state index contributed by atoms with van der Waals surface area (Å²) < 4.78 is 52.3. The molecule has 2 aromatic carbocycles. The fourth-order valence-electron chi connectivity index (χ4n) is 3.96. The number of likely N-dealkylation sites (N-methyl/N-ethyl adjacent to an activating group) is 1. The van der Waals surface area contributed by atoms with Gasteiger partial charge in [0.05, 0.1) is 30.0 Å². The zero-order valence-corrected chi connectivity index (χ0v) is 20.2. The van der Waals surface area contributed by atoms with Gasteiger partial charge < -0.3 is 15.3 Å². The zero-order valence-electron chi connectivity index (χ0n) is 19.4. The summed E-state index contributed by atoms with van der Waals surface area (Å²) in [7, 11) is 1.80. The minimum atomic E-state index is -4.19. The molecule has 2 N–H and O–H groups in total. The van der Waals surface area contributed by atoms with E-state index in [4.69, 9.17) is 16.7 Å². The van der Waals surface area contributed by atoms with E-state index in [1.807, 2.05) is 9.80 Å². The molecule has 6 nitrogen and oxygen atoms in total. The predicted molar refractivity (Wildman–Crippen MR) is 129 cm³/mol. The smallest absolute Gasteiger partial charge is 0.390 e. The Labute approximate surface area is 207 Å².